The molecule has 0 amide bonds. The molecule has 0 aliphatic heterocycles. The van der Waals surface area contributed by atoms with Crippen LogP contribution in [0.3, 0.4) is 0 Å². The lowest BCUT2D eigenvalue weighted by Crippen LogP contribution is -1.82. The van der Waals surface area contributed by atoms with Crippen LogP contribution in [0.1, 0.15) is 0 Å². The van der Waals surface area contributed by atoms with E-state index in [9.17, 15) is 0 Å². The molecule has 0 bridgehead atoms. The van der Waals surface area contributed by atoms with E-state index in [0.29, 0.717) is 15.7 Å². The number of nitrogens with zero attached hydrogens (tertiary/aromatic N) is 2. The molecular formula is C17H10Cl2N2. The number of imidazole rings is 1. The molecule has 2 heterocycles. The summed E-state index contributed by atoms with van der Waals surface area (Å²) in [5, 5.41) is 3.50. The highest BCUT2D eigenvalue weighted by molar-refractivity contribution is 6.36. The Balaban J connectivity index is 2.03. The summed E-state index contributed by atoms with van der Waals surface area (Å²) in [6, 6.07) is 16.2. The average molecular weight is 313 g/mol. The van der Waals surface area contributed by atoms with Gasteiger partial charge in [0.15, 0.2) is 5.65 Å². The van der Waals surface area contributed by atoms with E-state index in [2.05, 4.69) is 29.2 Å². The standard InChI is InChI=1S/C17H10Cl2N2/c18-12-8-15(19)17-20-16(10-21(17)9-12)14-7-3-5-11-4-1-2-6-13(11)14/h1-10H. The minimum Gasteiger partial charge on any atom is -0.304 e. The molecule has 0 fully saturated rings. The molecule has 0 saturated carbocycles. The molecule has 2 nitrogen and oxygen atoms in total. The first kappa shape index (κ1) is 12.7. The summed E-state index contributed by atoms with van der Waals surface area (Å²) in [6.45, 7) is 0. The van der Waals surface area contributed by atoms with Crippen LogP contribution in [0.15, 0.2) is 60.9 Å². The third-order valence-electron chi connectivity index (χ3n) is 3.54. The van der Waals surface area contributed by atoms with Crippen molar-refractivity contribution in [2.75, 3.05) is 0 Å². The summed E-state index contributed by atoms with van der Waals surface area (Å²) in [6.07, 6.45) is 3.76. The molecule has 2 aromatic heterocycles. The van der Waals surface area contributed by atoms with E-state index < -0.39 is 0 Å². The number of halogens is 2. The van der Waals surface area contributed by atoms with Gasteiger partial charge in [-0.25, -0.2) is 4.98 Å². The molecule has 0 radical (unpaired) electrons. The fraction of sp³-hybridized carbons (Fsp3) is 0. The number of aromatic nitrogens is 2. The third-order valence-corrected chi connectivity index (χ3v) is 4.02. The van der Waals surface area contributed by atoms with Crippen molar-refractivity contribution in [2.45, 2.75) is 0 Å². The molecular weight excluding hydrogens is 303 g/mol. The number of rotatable bonds is 1. The van der Waals surface area contributed by atoms with Crippen molar-refractivity contribution in [1.82, 2.24) is 9.38 Å². The topological polar surface area (TPSA) is 17.3 Å². The summed E-state index contributed by atoms with van der Waals surface area (Å²) in [7, 11) is 0. The lowest BCUT2D eigenvalue weighted by molar-refractivity contribution is 1.19. The zero-order valence-corrected chi connectivity index (χ0v) is 12.4. The van der Waals surface area contributed by atoms with Gasteiger partial charge in [-0.2, -0.15) is 0 Å². The second kappa shape index (κ2) is 4.76. The number of hydrogen-bond donors (Lipinski definition) is 0. The number of hydrogen-bond acceptors (Lipinski definition) is 1. The Morgan fingerprint density at radius 2 is 1.71 bits per heavy atom. The maximum Gasteiger partial charge on any atom is 0.156 e. The number of fused-ring (bicyclic) bond motifs is 2. The van der Waals surface area contributed by atoms with Crippen LogP contribution in [-0.2, 0) is 0 Å². The third kappa shape index (κ3) is 2.08. The predicted octanol–water partition coefficient (Wildman–Crippen LogP) is 5.46. The second-order valence-electron chi connectivity index (χ2n) is 4.89. The Hall–Kier alpha value is -2.03. The summed E-state index contributed by atoms with van der Waals surface area (Å²) < 4.78 is 1.86. The van der Waals surface area contributed by atoms with Gasteiger partial charge in [0.1, 0.15) is 0 Å². The number of pyridine rings is 1. The fourth-order valence-corrected chi connectivity index (χ4v) is 3.13. The van der Waals surface area contributed by atoms with Crippen molar-refractivity contribution in [1.29, 1.82) is 0 Å². The molecule has 102 valence electrons. The minimum atomic E-state index is 0.550. The van der Waals surface area contributed by atoms with Crippen LogP contribution < -0.4 is 0 Å². The van der Waals surface area contributed by atoms with Gasteiger partial charge >= 0.3 is 0 Å². The van der Waals surface area contributed by atoms with E-state index in [4.69, 9.17) is 23.2 Å². The average Bonchev–Trinajstić information content (AvgIpc) is 2.90. The molecule has 4 rings (SSSR count). The van der Waals surface area contributed by atoms with Gasteiger partial charge in [-0.15, -0.1) is 0 Å². The van der Waals surface area contributed by atoms with E-state index in [0.717, 1.165) is 11.3 Å². The zero-order valence-electron chi connectivity index (χ0n) is 10.9. The summed E-state index contributed by atoms with van der Waals surface area (Å²) >= 11 is 12.3. The molecule has 0 unspecified atom stereocenters. The first-order valence-corrected chi connectivity index (χ1v) is 7.30. The summed E-state index contributed by atoms with van der Waals surface area (Å²) in [5.41, 5.74) is 2.68. The Labute approximate surface area is 131 Å². The Kier molecular flexibility index (Phi) is 2.88. The first-order valence-electron chi connectivity index (χ1n) is 6.54. The van der Waals surface area contributed by atoms with E-state index in [1.54, 1.807) is 6.07 Å². The molecule has 21 heavy (non-hydrogen) atoms. The van der Waals surface area contributed by atoms with Crippen molar-refractivity contribution in [2.24, 2.45) is 0 Å². The van der Waals surface area contributed by atoms with E-state index in [1.165, 1.54) is 10.8 Å². The van der Waals surface area contributed by atoms with Gasteiger partial charge in [0.25, 0.3) is 0 Å². The van der Waals surface area contributed by atoms with E-state index >= 15 is 0 Å². The SMILES string of the molecule is Clc1cc(Cl)c2nc(-c3cccc4ccccc34)cn2c1. The van der Waals surface area contributed by atoms with Crippen LogP contribution in [-0.4, -0.2) is 9.38 Å². The maximum atomic E-state index is 6.21. The zero-order chi connectivity index (χ0) is 14.4. The lowest BCUT2D eigenvalue weighted by atomic mass is 10.0. The fourth-order valence-electron chi connectivity index (χ4n) is 2.60. The summed E-state index contributed by atoms with van der Waals surface area (Å²) in [5.74, 6) is 0. The summed E-state index contributed by atoms with van der Waals surface area (Å²) in [4.78, 5) is 4.65. The van der Waals surface area contributed by atoms with Gasteiger partial charge in [0.05, 0.1) is 15.7 Å². The highest BCUT2D eigenvalue weighted by atomic mass is 35.5. The highest BCUT2D eigenvalue weighted by Gasteiger charge is 2.10. The molecule has 4 heteroatoms. The molecule has 0 spiro atoms. The molecule has 2 aromatic carbocycles. The monoisotopic (exact) mass is 312 g/mol. The second-order valence-corrected chi connectivity index (χ2v) is 5.73. The smallest absolute Gasteiger partial charge is 0.156 e. The predicted molar refractivity (Wildman–Crippen MR) is 88.2 cm³/mol. The van der Waals surface area contributed by atoms with Gasteiger partial charge in [-0.05, 0) is 16.8 Å². The van der Waals surface area contributed by atoms with Crippen LogP contribution in [0.2, 0.25) is 10.0 Å². The van der Waals surface area contributed by atoms with Gasteiger partial charge in [-0.1, -0.05) is 65.7 Å². The normalized spacial score (nSPS) is 11.3. The van der Waals surface area contributed by atoms with Crippen molar-refractivity contribution in [3.05, 3.63) is 71.0 Å². The van der Waals surface area contributed by atoms with Crippen LogP contribution in [0.5, 0.6) is 0 Å². The van der Waals surface area contributed by atoms with Crippen LogP contribution in [0.4, 0.5) is 0 Å². The van der Waals surface area contributed by atoms with E-state index in [1.807, 2.05) is 35.0 Å². The number of benzene rings is 2. The Bertz CT molecular complexity index is 968. The van der Waals surface area contributed by atoms with Crippen LogP contribution in [0, 0.1) is 0 Å². The molecule has 0 aliphatic carbocycles. The Morgan fingerprint density at radius 3 is 2.62 bits per heavy atom. The highest BCUT2D eigenvalue weighted by Crippen LogP contribution is 2.30. The maximum absolute atomic E-state index is 6.21. The molecule has 0 N–H and O–H groups in total. The molecule has 0 saturated heterocycles. The quantitative estimate of drug-likeness (QED) is 0.456. The Morgan fingerprint density at radius 1 is 0.905 bits per heavy atom. The van der Waals surface area contributed by atoms with Crippen molar-refractivity contribution >= 4 is 39.6 Å². The largest absolute Gasteiger partial charge is 0.304 e. The van der Waals surface area contributed by atoms with Crippen molar-refractivity contribution in [3.8, 4) is 11.3 Å². The molecule has 0 atom stereocenters. The van der Waals surface area contributed by atoms with Gasteiger partial charge in [-0.3, -0.25) is 0 Å². The minimum absolute atomic E-state index is 0.550. The first-order chi connectivity index (χ1) is 10.2. The van der Waals surface area contributed by atoms with Gasteiger partial charge in [0, 0.05) is 18.0 Å². The van der Waals surface area contributed by atoms with Gasteiger partial charge < -0.3 is 4.40 Å². The molecule has 4 aromatic rings. The van der Waals surface area contributed by atoms with Crippen LogP contribution >= 0.6 is 23.2 Å². The molecule has 0 aliphatic rings. The van der Waals surface area contributed by atoms with Crippen LogP contribution in [0.25, 0.3) is 27.7 Å². The van der Waals surface area contributed by atoms with E-state index in [-0.39, 0.29) is 0 Å². The van der Waals surface area contributed by atoms with Crippen molar-refractivity contribution in [3.63, 3.8) is 0 Å². The van der Waals surface area contributed by atoms with Crippen molar-refractivity contribution < 1.29 is 0 Å². The lowest BCUT2D eigenvalue weighted by Gasteiger charge is -2.02. The van der Waals surface area contributed by atoms with Gasteiger partial charge in [0.2, 0.25) is 0 Å².